The molecule has 4 nitrogen and oxygen atoms in total. The predicted molar refractivity (Wildman–Crippen MR) is 125 cm³/mol. The van der Waals surface area contributed by atoms with Crippen molar-refractivity contribution in [1.29, 1.82) is 0 Å². The Morgan fingerprint density at radius 1 is 0.730 bits per heavy atom. The topological polar surface area (TPSA) is 41.9 Å². The van der Waals surface area contributed by atoms with Gasteiger partial charge in [0.25, 0.3) is 0 Å². The van der Waals surface area contributed by atoms with Crippen LogP contribution in [-0.4, -0.2) is 24.4 Å². The summed E-state index contributed by atoms with van der Waals surface area (Å²) in [4.78, 5) is 2.01. The molecule has 196 valence electrons. The first-order valence-corrected chi connectivity index (χ1v) is 11.3. The molecule has 1 fully saturated rings. The molecule has 37 heavy (non-hydrogen) atoms. The van der Waals surface area contributed by atoms with E-state index in [-0.39, 0.29) is 11.1 Å². The summed E-state index contributed by atoms with van der Waals surface area (Å²) < 4.78 is 83.6. The van der Waals surface area contributed by atoms with Crippen molar-refractivity contribution < 1.29 is 40.9 Å². The zero-order valence-electron chi connectivity index (χ0n) is 19.4. The van der Waals surface area contributed by atoms with Gasteiger partial charge in [0.15, 0.2) is 0 Å². The van der Waals surface area contributed by atoms with E-state index in [9.17, 15) is 31.4 Å². The Labute approximate surface area is 209 Å². The van der Waals surface area contributed by atoms with Gasteiger partial charge in [-0.1, -0.05) is 49.0 Å². The quantitative estimate of drug-likeness (QED) is 0.349. The molecule has 0 saturated carbocycles. The summed E-state index contributed by atoms with van der Waals surface area (Å²) in [6, 6.07) is 19.1. The number of hydrogen-bond acceptors (Lipinski definition) is 4. The average Bonchev–Trinajstić information content (AvgIpc) is 2.83. The van der Waals surface area contributed by atoms with E-state index in [1.165, 1.54) is 24.3 Å². The number of nitrogens with zero attached hydrogens (tertiary/aromatic N) is 1. The Bertz CT molecular complexity index is 1150. The minimum Gasteiger partial charge on any atom is -0.406 e. The summed E-state index contributed by atoms with van der Waals surface area (Å²) in [7, 11) is 0. The largest absolute Gasteiger partial charge is 0.573 e. The Morgan fingerprint density at radius 2 is 1.19 bits per heavy atom. The second kappa shape index (κ2) is 10.0. The lowest BCUT2D eigenvalue weighted by Crippen LogP contribution is -2.43. The summed E-state index contributed by atoms with van der Waals surface area (Å²) in [5, 5.41) is 12.1. The summed E-state index contributed by atoms with van der Waals surface area (Å²) >= 11 is 0. The minimum atomic E-state index is -4.88. The summed E-state index contributed by atoms with van der Waals surface area (Å²) in [5.41, 5.74) is 0.417. The highest BCUT2D eigenvalue weighted by atomic mass is 19.4. The summed E-state index contributed by atoms with van der Waals surface area (Å²) in [5.74, 6) is -1.41. The molecule has 0 spiro atoms. The Hall–Kier alpha value is -3.66. The molecule has 1 aliphatic rings. The van der Waals surface area contributed by atoms with Gasteiger partial charge in [-0.05, 0) is 60.4 Å². The maximum absolute atomic E-state index is 12.6. The Kier molecular flexibility index (Phi) is 7.14. The molecule has 3 aromatic rings. The highest BCUT2D eigenvalue weighted by Gasteiger charge is 2.43. The molecule has 1 saturated heterocycles. The van der Waals surface area contributed by atoms with E-state index in [4.69, 9.17) is 0 Å². The van der Waals surface area contributed by atoms with Crippen molar-refractivity contribution in [3.63, 3.8) is 0 Å². The number of ether oxygens (including phenoxy) is 2. The van der Waals surface area contributed by atoms with Gasteiger partial charge in [-0.3, -0.25) is 0 Å². The van der Waals surface area contributed by atoms with Gasteiger partial charge in [-0.25, -0.2) is 0 Å². The number of hydrogen-bond donors (Lipinski definition) is 1. The molecule has 1 aliphatic heterocycles. The normalized spacial score (nSPS) is 17.0. The van der Waals surface area contributed by atoms with E-state index in [0.29, 0.717) is 19.4 Å². The number of rotatable bonds is 6. The van der Waals surface area contributed by atoms with Crippen LogP contribution in [0.4, 0.5) is 32.0 Å². The third kappa shape index (κ3) is 6.19. The molecule has 1 heterocycles. The van der Waals surface area contributed by atoms with Crippen LogP contribution in [0.1, 0.15) is 24.0 Å². The van der Waals surface area contributed by atoms with Crippen molar-refractivity contribution in [3.8, 4) is 11.5 Å². The Balaban J connectivity index is 1.68. The first kappa shape index (κ1) is 26.4. The lowest BCUT2D eigenvalue weighted by atomic mass is 9.71. The number of piperidine rings is 1. The first-order valence-electron chi connectivity index (χ1n) is 11.3. The van der Waals surface area contributed by atoms with Crippen LogP contribution in [0.15, 0.2) is 91.1 Å². The third-order valence-electron chi connectivity index (χ3n) is 6.28. The van der Waals surface area contributed by atoms with Crippen LogP contribution < -0.4 is 14.4 Å². The highest BCUT2D eigenvalue weighted by molar-refractivity contribution is 5.53. The Morgan fingerprint density at radius 3 is 1.59 bits per heavy atom. The van der Waals surface area contributed by atoms with E-state index in [1.54, 1.807) is 0 Å². The molecule has 1 N–H and O–H groups in total. The molecule has 0 amide bonds. The third-order valence-corrected chi connectivity index (χ3v) is 6.28. The van der Waals surface area contributed by atoms with Crippen molar-refractivity contribution in [2.45, 2.75) is 31.2 Å². The number of aliphatic hydroxyl groups is 1. The lowest BCUT2D eigenvalue weighted by molar-refractivity contribution is -0.275. The molecule has 4 rings (SSSR count). The fourth-order valence-corrected chi connectivity index (χ4v) is 4.68. The molecule has 1 unspecified atom stereocenters. The van der Waals surface area contributed by atoms with E-state index < -0.39 is 35.7 Å². The van der Waals surface area contributed by atoms with Crippen LogP contribution in [0.3, 0.4) is 0 Å². The van der Waals surface area contributed by atoms with Crippen molar-refractivity contribution in [1.82, 2.24) is 0 Å². The van der Waals surface area contributed by atoms with Gasteiger partial charge in [-0.15, -0.1) is 26.3 Å². The van der Waals surface area contributed by atoms with Gasteiger partial charge >= 0.3 is 12.7 Å². The number of alkyl halides is 6. The van der Waals surface area contributed by atoms with Crippen LogP contribution in [0.25, 0.3) is 0 Å². The second-order valence-electron chi connectivity index (χ2n) is 8.65. The van der Waals surface area contributed by atoms with Crippen LogP contribution in [0, 0.1) is 5.92 Å². The maximum Gasteiger partial charge on any atom is 0.573 e. The molecule has 0 bridgehead atoms. The second-order valence-corrected chi connectivity index (χ2v) is 8.65. The number of halogens is 6. The molecule has 10 heteroatoms. The lowest BCUT2D eigenvalue weighted by Gasteiger charge is -2.44. The number of benzene rings is 3. The van der Waals surface area contributed by atoms with Crippen LogP contribution in [0.5, 0.6) is 11.5 Å². The SMILES string of the molecule is C=C1CC(C(O)(c2ccc(OC(F)(F)F)cc2)c2ccc(OC(F)(F)F)cc2)CCN1c1ccccc1. The van der Waals surface area contributed by atoms with Crippen molar-refractivity contribution in [3.05, 3.63) is 102 Å². The zero-order chi connectivity index (χ0) is 26.8. The van der Waals surface area contributed by atoms with E-state index in [1.807, 2.05) is 35.2 Å². The van der Waals surface area contributed by atoms with Gasteiger partial charge in [0.1, 0.15) is 17.1 Å². The number of anilines is 1. The van der Waals surface area contributed by atoms with Crippen molar-refractivity contribution in [2.75, 3.05) is 11.4 Å². The molecule has 1 atom stereocenters. The van der Waals surface area contributed by atoms with Gasteiger partial charge < -0.3 is 19.5 Å². The molecular formula is C27H23F6NO3. The van der Waals surface area contributed by atoms with E-state index >= 15 is 0 Å². The molecule has 0 aromatic heterocycles. The zero-order valence-corrected chi connectivity index (χ0v) is 19.4. The number of para-hydroxylation sites is 1. The predicted octanol–water partition coefficient (Wildman–Crippen LogP) is 7.15. The molecular weight excluding hydrogens is 500 g/mol. The van der Waals surface area contributed by atoms with Crippen LogP contribution in [-0.2, 0) is 5.60 Å². The van der Waals surface area contributed by atoms with Gasteiger partial charge in [0.05, 0.1) is 0 Å². The standard InChI is InChI=1S/C27H23F6NO3/c1-18-17-21(15-16-34(18)22-5-3-2-4-6-22)25(35,19-7-11-23(12-8-19)36-26(28,29)30)20-9-13-24(14-10-20)37-27(31,32)33/h2-14,21,35H,1,15-17H2. The van der Waals surface area contributed by atoms with Gasteiger partial charge in [-0.2, -0.15) is 0 Å². The van der Waals surface area contributed by atoms with Gasteiger partial charge in [0, 0.05) is 23.8 Å². The summed E-state index contributed by atoms with van der Waals surface area (Å²) in [6.07, 6.45) is -8.97. The molecule has 0 radical (unpaired) electrons. The van der Waals surface area contributed by atoms with Crippen molar-refractivity contribution >= 4 is 5.69 Å². The average molecular weight is 523 g/mol. The fourth-order valence-electron chi connectivity index (χ4n) is 4.68. The fraction of sp³-hybridized carbons (Fsp3) is 0.259. The number of allylic oxidation sites excluding steroid dienone is 1. The van der Waals surface area contributed by atoms with E-state index in [0.717, 1.165) is 35.6 Å². The van der Waals surface area contributed by atoms with Gasteiger partial charge in [0.2, 0.25) is 0 Å². The molecule has 3 aromatic carbocycles. The molecule has 0 aliphatic carbocycles. The minimum absolute atomic E-state index is 0.262. The van der Waals surface area contributed by atoms with Crippen LogP contribution in [0.2, 0.25) is 0 Å². The van der Waals surface area contributed by atoms with Crippen molar-refractivity contribution in [2.24, 2.45) is 5.92 Å². The van der Waals surface area contributed by atoms with E-state index in [2.05, 4.69) is 16.1 Å². The maximum atomic E-state index is 12.6. The first-order chi connectivity index (χ1) is 17.3. The summed E-state index contributed by atoms with van der Waals surface area (Å²) in [6.45, 7) is 4.66. The van der Waals surface area contributed by atoms with Crippen LogP contribution >= 0.6 is 0 Å². The monoisotopic (exact) mass is 523 g/mol. The highest BCUT2D eigenvalue weighted by Crippen LogP contribution is 2.45. The smallest absolute Gasteiger partial charge is 0.406 e.